The second-order valence-electron chi connectivity index (χ2n) is 8.56. The fourth-order valence-corrected chi connectivity index (χ4v) is 4.71. The van der Waals surface area contributed by atoms with Crippen LogP contribution in [0, 0.1) is 17.2 Å². The molecule has 3 amide bonds. The molecule has 10 nitrogen and oxygen atoms in total. The Hall–Kier alpha value is -3.71. The molecule has 1 aromatic carbocycles. The number of carbonyl (C=O) groups excluding carboxylic acids is 3. The van der Waals surface area contributed by atoms with Gasteiger partial charge in [0.15, 0.2) is 0 Å². The standard InChI is InChI=1S/C21H21F2N7O3/c22-21(23)6-15(7-24)30(11-21)20(33)17-4-14(19(32)27-17)5-18(31)29-9-13-3-1-2-12(8-26-28-25)16(13)10-29/h1-3,14-15,17H,4-6,8-11H2,(H,27,32)/t14-,15-,17-/m0/s1. The summed E-state index contributed by atoms with van der Waals surface area (Å²) in [4.78, 5) is 43.2. The zero-order chi connectivity index (χ0) is 23.8. The maximum atomic E-state index is 13.7. The third kappa shape index (κ3) is 4.45. The quantitative estimate of drug-likeness (QED) is 0.410. The molecule has 0 unspecified atom stereocenters. The van der Waals surface area contributed by atoms with Crippen molar-refractivity contribution < 1.29 is 23.2 Å². The van der Waals surface area contributed by atoms with Crippen molar-refractivity contribution in [3.8, 4) is 6.07 Å². The highest BCUT2D eigenvalue weighted by Gasteiger charge is 2.50. The van der Waals surface area contributed by atoms with Crippen LogP contribution in [-0.2, 0) is 34.0 Å². The molecule has 2 saturated heterocycles. The van der Waals surface area contributed by atoms with Crippen molar-refractivity contribution in [3.63, 3.8) is 0 Å². The Bertz CT molecular complexity index is 1100. The second kappa shape index (κ2) is 8.67. The van der Waals surface area contributed by atoms with E-state index in [0.29, 0.717) is 13.1 Å². The normalized spacial score (nSPS) is 25.2. The zero-order valence-corrected chi connectivity index (χ0v) is 17.6. The van der Waals surface area contributed by atoms with Crippen LogP contribution in [0.25, 0.3) is 10.4 Å². The van der Waals surface area contributed by atoms with Gasteiger partial charge < -0.3 is 15.1 Å². The highest BCUT2D eigenvalue weighted by molar-refractivity contribution is 5.94. The lowest BCUT2D eigenvalue weighted by Crippen LogP contribution is -2.46. The second-order valence-corrected chi connectivity index (χ2v) is 8.56. The minimum Gasteiger partial charge on any atom is -0.344 e. The van der Waals surface area contributed by atoms with Crippen LogP contribution in [0.15, 0.2) is 23.3 Å². The number of azide groups is 1. The van der Waals surface area contributed by atoms with Crippen molar-refractivity contribution in [3.05, 3.63) is 45.3 Å². The summed E-state index contributed by atoms with van der Waals surface area (Å²) in [5, 5.41) is 15.2. The minimum atomic E-state index is -3.14. The van der Waals surface area contributed by atoms with Crippen molar-refractivity contribution in [1.82, 2.24) is 15.1 Å². The van der Waals surface area contributed by atoms with E-state index in [0.717, 1.165) is 21.6 Å². The first-order valence-corrected chi connectivity index (χ1v) is 10.5. The molecule has 0 aromatic heterocycles. The number of hydrogen-bond acceptors (Lipinski definition) is 5. The Balaban J connectivity index is 1.38. The Morgan fingerprint density at radius 3 is 2.88 bits per heavy atom. The molecule has 0 bridgehead atoms. The summed E-state index contributed by atoms with van der Waals surface area (Å²) in [7, 11) is 0. The molecule has 0 aliphatic carbocycles. The van der Waals surface area contributed by atoms with Gasteiger partial charge >= 0.3 is 0 Å². The summed E-state index contributed by atoms with van der Waals surface area (Å²) in [6.07, 6.45) is -0.839. The number of halogens is 2. The van der Waals surface area contributed by atoms with Gasteiger partial charge in [-0.2, -0.15) is 5.26 Å². The molecule has 3 aliphatic rings. The third-order valence-electron chi connectivity index (χ3n) is 6.37. The van der Waals surface area contributed by atoms with Gasteiger partial charge in [0.1, 0.15) is 12.1 Å². The predicted molar refractivity (Wildman–Crippen MR) is 109 cm³/mol. The molecule has 4 rings (SSSR count). The molecule has 172 valence electrons. The van der Waals surface area contributed by atoms with E-state index in [1.165, 1.54) is 0 Å². The Labute approximate surface area is 187 Å². The van der Waals surface area contributed by atoms with Gasteiger partial charge in [0.05, 0.1) is 19.2 Å². The SMILES string of the molecule is N#C[C@@H]1CC(F)(F)CN1C(=O)[C@@H]1C[C@@H](CC(=O)N2Cc3cccc(CN=[N+]=[N-])c3C2)C(=O)N1. The van der Waals surface area contributed by atoms with Gasteiger partial charge in [-0.15, -0.1) is 0 Å². The Kier molecular flexibility index (Phi) is 5.91. The van der Waals surface area contributed by atoms with Gasteiger partial charge in [-0.25, -0.2) is 8.78 Å². The van der Waals surface area contributed by atoms with Crippen LogP contribution in [-0.4, -0.2) is 52.1 Å². The Morgan fingerprint density at radius 2 is 2.15 bits per heavy atom. The average molecular weight is 457 g/mol. The van der Waals surface area contributed by atoms with Crippen LogP contribution in [0.3, 0.4) is 0 Å². The molecule has 2 fully saturated rings. The lowest BCUT2D eigenvalue weighted by molar-refractivity contribution is -0.135. The van der Waals surface area contributed by atoms with Crippen molar-refractivity contribution in [2.24, 2.45) is 11.0 Å². The van der Waals surface area contributed by atoms with Crippen molar-refractivity contribution >= 4 is 17.7 Å². The van der Waals surface area contributed by atoms with E-state index in [2.05, 4.69) is 15.3 Å². The third-order valence-corrected chi connectivity index (χ3v) is 6.37. The molecule has 1 N–H and O–H groups in total. The maximum Gasteiger partial charge on any atom is 0.268 e. The fourth-order valence-electron chi connectivity index (χ4n) is 4.71. The lowest BCUT2D eigenvalue weighted by Gasteiger charge is -2.22. The van der Waals surface area contributed by atoms with E-state index in [-0.39, 0.29) is 25.3 Å². The summed E-state index contributed by atoms with van der Waals surface area (Å²) in [6, 6.07) is 4.98. The molecule has 3 aliphatic heterocycles. The largest absolute Gasteiger partial charge is 0.344 e. The number of likely N-dealkylation sites (tertiary alicyclic amines) is 1. The number of nitriles is 1. The van der Waals surface area contributed by atoms with Gasteiger partial charge in [0, 0.05) is 36.8 Å². The number of rotatable bonds is 5. The topological polar surface area (TPSA) is 142 Å². The molecule has 33 heavy (non-hydrogen) atoms. The number of nitrogens with zero attached hydrogens (tertiary/aromatic N) is 6. The van der Waals surface area contributed by atoms with Gasteiger partial charge in [0.2, 0.25) is 17.7 Å². The molecule has 1 aromatic rings. The van der Waals surface area contributed by atoms with Gasteiger partial charge in [0.25, 0.3) is 5.92 Å². The van der Waals surface area contributed by atoms with Crippen LogP contribution in [0.2, 0.25) is 0 Å². The minimum absolute atomic E-state index is 0.00650. The first kappa shape index (κ1) is 22.5. The highest BCUT2D eigenvalue weighted by Crippen LogP contribution is 2.34. The maximum absolute atomic E-state index is 13.7. The van der Waals surface area contributed by atoms with Gasteiger partial charge in [-0.3, -0.25) is 14.4 Å². The van der Waals surface area contributed by atoms with Crippen molar-refractivity contribution in [1.29, 1.82) is 5.26 Å². The van der Waals surface area contributed by atoms with E-state index >= 15 is 0 Å². The first-order chi connectivity index (χ1) is 15.7. The van der Waals surface area contributed by atoms with Crippen LogP contribution >= 0.6 is 0 Å². The van der Waals surface area contributed by atoms with E-state index in [1.807, 2.05) is 18.2 Å². The average Bonchev–Trinajstić information content (AvgIpc) is 3.46. The molecule has 0 saturated carbocycles. The van der Waals surface area contributed by atoms with Crippen LogP contribution in [0.4, 0.5) is 8.78 Å². The van der Waals surface area contributed by atoms with Gasteiger partial charge in [-0.1, -0.05) is 23.3 Å². The molecule has 3 heterocycles. The molecular formula is C21H21F2N7O3. The Morgan fingerprint density at radius 1 is 1.36 bits per heavy atom. The summed E-state index contributed by atoms with van der Waals surface area (Å²) in [5.74, 6) is -5.38. The molecule has 12 heteroatoms. The van der Waals surface area contributed by atoms with Crippen LogP contribution in [0.5, 0.6) is 0 Å². The fraction of sp³-hybridized carbons (Fsp3) is 0.524. The number of nitrogens with one attached hydrogen (secondary N) is 1. The number of benzene rings is 1. The van der Waals surface area contributed by atoms with Crippen LogP contribution < -0.4 is 5.32 Å². The van der Waals surface area contributed by atoms with E-state index in [1.54, 1.807) is 11.0 Å². The molecule has 3 atom stereocenters. The lowest BCUT2D eigenvalue weighted by atomic mass is 9.99. The van der Waals surface area contributed by atoms with Gasteiger partial charge in [-0.05, 0) is 28.6 Å². The molecule has 0 spiro atoms. The highest BCUT2D eigenvalue weighted by atomic mass is 19.3. The number of hydrogen-bond donors (Lipinski definition) is 1. The molecule has 0 radical (unpaired) electrons. The summed E-state index contributed by atoms with van der Waals surface area (Å²) >= 11 is 0. The summed E-state index contributed by atoms with van der Waals surface area (Å²) in [6.45, 7) is 0.0103. The van der Waals surface area contributed by atoms with E-state index < -0.39 is 48.7 Å². The number of alkyl halides is 2. The number of carbonyl (C=O) groups is 3. The summed E-state index contributed by atoms with van der Waals surface area (Å²) < 4.78 is 27.4. The number of fused-ring (bicyclic) bond motifs is 1. The van der Waals surface area contributed by atoms with E-state index in [9.17, 15) is 23.2 Å². The summed E-state index contributed by atoms with van der Waals surface area (Å²) in [5.41, 5.74) is 11.2. The van der Waals surface area contributed by atoms with Crippen LogP contribution in [0.1, 0.15) is 36.0 Å². The first-order valence-electron chi connectivity index (χ1n) is 10.5. The van der Waals surface area contributed by atoms with Crippen molar-refractivity contribution in [2.45, 2.75) is 56.9 Å². The number of amides is 3. The zero-order valence-electron chi connectivity index (χ0n) is 17.6. The monoisotopic (exact) mass is 457 g/mol. The van der Waals surface area contributed by atoms with Crippen molar-refractivity contribution in [2.75, 3.05) is 6.54 Å². The predicted octanol–water partition coefficient (Wildman–Crippen LogP) is 1.99. The van der Waals surface area contributed by atoms with E-state index in [4.69, 9.17) is 10.8 Å². The smallest absolute Gasteiger partial charge is 0.268 e. The molecular weight excluding hydrogens is 436 g/mol.